The van der Waals surface area contributed by atoms with Gasteiger partial charge in [0, 0.05) is 61.9 Å². The van der Waals surface area contributed by atoms with Crippen molar-refractivity contribution in [3.8, 4) is 0 Å². The van der Waals surface area contributed by atoms with Gasteiger partial charge >= 0.3 is 0 Å². The summed E-state index contributed by atoms with van der Waals surface area (Å²) in [6, 6.07) is 13.4. The van der Waals surface area contributed by atoms with E-state index in [0.29, 0.717) is 18.4 Å². The highest BCUT2D eigenvalue weighted by Gasteiger charge is 2.24. The van der Waals surface area contributed by atoms with Crippen molar-refractivity contribution in [2.45, 2.75) is 64.8 Å². The number of hydrogen-bond donors (Lipinski definition) is 1. The first-order valence-corrected chi connectivity index (χ1v) is 12.4. The van der Waals surface area contributed by atoms with Crippen molar-refractivity contribution in [2.24, 2.45) is 5.92 Å². The van der Waals surface area contributed by atoms with E-state index in [1.165, 1.54) is 30.5 Å². The molecule has 0 unspecified atom stereocenters. The summed E-state index contributed by atoms with van der Waals surface area (Å²) < 4.78 is 0. The number of carbonyl (C=O) groups excluding carboxylic acids is 1. The number of rotatable bonds is 7. The van der Waals surface area contributed by atoms with Crippen LogP contribution in [0.25, 0.3) is 0 Å². The van der Waals surface area contributed by atoms with Gasteiger partial charge in [-0.1, -0.05) is 17.7 Å². The second-order valence-corrected chi connectivity index (χ2v) is 9.64. The van der Waals surface area contributed by atoms with Crippen molar-refractivity contribution < 1.29 is 4.79 Å². The molecule has 172 valence electrons. The van der Waals surface area contributed by atoms with Crippen LogP contribution in [-0.4, -0.2) is 48.0 Å². The van der Waals surface area contributed by atoms with E-state index < -0.39 is 0 Å². The fourth-order valence-corrected chi connectivity index (χ4v) is 5.08. The number of likely N-dealkylation sites (tertiary alicyclic amines) is 1. The maximum Gasteiger partial charge on any atom is 0.222 e. The standard InChI is InChI=1S/C27H38N4O/c1-21-6-8-26(9-7-21)30-16-11-23(12-17-30)4-3-5-27(32)31-18-13-24(14-19-31)29-25-10-15-28-22(2)20-25/h6-10,15,20,23-24H,3-5,11-14,16-19H2,1-2H3,(H,28,29). The quantitative estimate of drug-likeness (QED) is 0.652. The third-order valence-electron chi connectivity index (χ3n) is 7.13. The maximum absolute atomic E-state index is 12.7. The van der Waals surface area contributed by atoms with Crippen LogP contribution in [0.3, 0.4) is 0 Å². The zero-order valence-corrected chi connectivity index (χ0v) is 19.7. The summed E-state index contributed by atoms with van der Waals surface area (Å²) >= 11 is 0. The van der Waals surface area contributed by atoms with Crippen molar-refractivity contribution in [1.82, 2.24) is 9.88 Å². The molecule has 5 heteroatoms. The minimum absolute atomic E-state index is 0.347. The molecular formula is C27H38N4O. The van der Waals surface area contributed by atoms with Crippen LogP contribution in [-0.2, 0) is 4.79 Å². The number of piperidine rings is 2. The van der Waals surface area contributed by atoms with Crippen molar-refractivity contribution in [3.63, 3.8) is 0 Å². The van der Waals surface area contributed by atoms with Gasteiger partial charge in [-0.3, -0.25) is 9.78 Å². The van der Waals surface area contributed by atoms with Crippen LogP contribution in [0.1, 0.15) is 56.2 Å². The molecule has 2 fully saturated rings. The van der Waals surface area contributed by atoms with Crippen LogP contribution < -0.4 is 10.2 Å². The number of amides is 1. The summed E-state index contributed by atoms with van der Waals surface area (Å²) in [7, 11) is 0. The van der Waals surface area contributed by atoms with Crippen LogP contribution in [0, 0.1) is 19.8 Å². The molecule has 0 aliphatic carbocycles. The third-order valence-corrected chi connectivity index (χ3v) is 7.13. The SMILES string of the molecule is Cc1ccc(N2CCC(CCCC(=O)N3CCC(Nc4ccnc(C)c4)CC3)CC2)cc1. The number of pyridine rings is 1. The lowest BCUT2D eigenvalue weighted by Gasteiger charge is -2.34. The molecule has 2 saturated heterocycles. The number of anilines is 2. The van der Waals surface area contributed by atoms with Crippen LogP contribution in [0.5, 0.6) is 0 Å². The Labute approximate surface area is 193 Å². The number of hydrogen-bond acceptors (Lipinski definition) is 4. The predicted octanol–water partition coefficient (Wildman–Crippen LogP) is 5.19. The zero-order chi connectivity index (χ0) is 22.3. The van der Waals surface area contributed by atoms with Crippen molar-refractivity contribution in [2.75, 3.05) is 36.4 Å². The van der Waals surface area contributed by atoms with Gasteiger partial charge in [0.05, 0.1) is 0 Å². The fraction of sp³-hybridized carbons (Fsp3) is 0.556. The molecule has 0 bridgehead atoms. The zero-order valence-electron chi connectivity index (χ0n) is 19.7. The Morgan fingerprint density at radius 1 is 1.00 bits per heavy atom. The lowest BCUT2D eigenvalue weighted by Crippen LogP contribution is -2.42. The molecule has 2 aliphatic heterocycles. The van der Waals surface area contributed by atoms with Gasteiger partial charge in [-0.25, -0.2) is 0 Å². The van der Waals surface area contributed by atoms with Gasteiger partial charge in [0.1, 0.15) is 0 Å². The van der Waals surface area contributed by atoms with Crippen LogP contribution in [0.4, 0.5) is 11.4 Å². The Morgan fingerprint density at radius 2 is 1.72 bits per heavy atom. The molecule has 1 aromatic heterocycles. The first-order chi connectivity index (χ1) is 15.6. The van der Waals surface area contributed by atoms with E-state index in [2.05, 4.69) is 57.4 Å². The van der Waals surface area contributed by atoms with Gasteiger partial charge in [0.25, 0.3) is 0 Å². The lowest BCUT2D eigenvalue weighted by atomic mass is 9.91. The lowest BCUT2D eigenvalue weighted by molar-refractivity contribution is -0.132. The summed E-state index contributed by atoms with van der Waals surface area (Å²) in [5, 5.41) is 3.60. The van der Waals surface area contributed by atoms with E-state index in [4.69, 9.17) is 0 Å². The number of nitrogens with zero attached hydrogens (tertiary/aromatic N) is 3. The smallest absolute Gasteiger partial charge is 0.222 e. The summed E-state index contributed by atoms with van der Waals surface area (Å²) in [5.74, 6) is 1.11. The molecule has 5 nitrogen and oxygen atoms in total. The van der Waals surface area contributed by atoms with Gasteiger partial charge in [-0.15, -0.1) is 0 Å². The molecule has 1 aromatic carbocycles. The first kappa shape index (κ1) is 22.6. The Morgan fingerprint density at radius 3 is 2.41 bits per heavy atom. The molecular weight excluding hydrogens is 396 g/mol. The number of aromatic nitrogens is 1. The number of nitrogens with one attached hydrogen (secondary N) is 1. The molecule has 2 aliphatic rings. The topological polar surface area (TPSA) is 48.5 Å². The van der Waals surface area contributed by atoms with Crippen molar-refractivity contribution in [1.29, 1.82) is 0 Å². The molecule has 1 N–H and O–H groups in total. The van der Waals surface area contributed by atoms with E-state index in [0.717, 1.165) is 62.7 Å². The molecule has 4 rings (SSSR count). The average Bonchev–Trinajstić information content (AvgIpc) is 2.81. The molecule has 1 amide bonds. The maximum atomic E-state index is 12.7. The second kappa shape index (κ2) is 10.8. The predicted molar refractivity (Wildman–Crippen MR) is 132 cm³/mol. The van der Waals surface area contributed by atoms with Gasteiger partial charge in [0.2, 0.25) is 5.91 Å². The Balaban J connectivity index is 1.11. The minimum Gasteiger partial charge on any atom is -0.382 e. The normalized spacial score (nSPS) is 18.1. The van der Waals surface area contributed by atoms with Crippen LogP contribution in [0.2, 0.25) is 0 Å². The van der Waals surface area contributed by atoms with E-state index in [1.54, 1.807) is 0 Å². The largest absolute Gasteiger partial charge is 0.382 e. The first-order valence-electron chi connectivity index (χ1n) is 12.4. The second-order valence-electron chi connectivity index (χ2n) is 9.64. The molecule has 0 radical (unpaired) electrons. The minimum atomic E-state index is 0.347. The summed E-state index contributed by atoms with van der Waals surface area (Å²) in [4.78, 5) is 21.5. The molecule has 0 saturated carbocycles. The van der Waals surface area contributed by atoms with E-state index in [-0.39, 0.29) is 0 Å². The summed E-state index contributed by atoms with van der Waals surface area (Å²) in [5.41, 5.74) is 4.83. The summed E-state index contributed by atoms with van der Waals surface area (Å²) in [6.07, 6.45) is 9.30. The van der Waals surface area contributed by atoms with Gasteiger partial charge in [-0.05, 0) is 82.6 Å². The Kier molecular flexibility index (Phi) is 7.67. The third kappa shape index (κ3) is 6.24. The monoisotopic (exact) mass is 434 g/mol. The van der Waals surface area contributed by atoms with Crippen LogP contribution in [0.15, 0.2) is 42.6 Å². The highest BCUT2D eigenvalue weighted by atomic mass is 16.2. The molecule has 0 spiro atoms. The highest BCUT2D eigenvalue weighted by molar-refractivity contribution is 5.76. The Bertz CT molecular complexity index is 865. The van der Waals surface area contributed by atoms with Crippen LogP contribution >= 0.6 is 0 Å². The van der Waals surface area contributed by atoms with E-state index in [1.807, 2.05) is 19.2 Å². The number of carbonyl (C=O) groups is 1. The van der Waals surface area contributed by atoms with Gasteiger partial charge < -0.3 is 15.1 Å². The van der Waals surface area contributed by atoms with Crippen molar-refractivity contribution >= 4 is 17.3 Å². The molecule has 3 heterocycles. The molecule has 0 atom stereocenters. The Hall–Kier alpha value is -2.56. The number of aryl methyl sites for hydroxylation is 2. The highest BCUT2D eigenvalue weighted by Crippen LogP contribution is 2.27. The van der Waals surface area contributed by atoms with E-state index in [9.17, 15) is 4.79 Å². The number of benzene rings is 1. The summed E-state index contributed by atoms with van der Waals surface area (Å²) in [6.45, 7) is 8.17. The molecule has 32 heavy (non-hydrogen) atoms. The van der Waals surface area contributed by atoms with E-state index >= 15 is 0 Å². The van der Waals surface area contributed by atoms with Crippen molar-refractivity contribution in [3.05, 3.63) is 53.9 Å². The van der Waals surface area contributed by atoms with Gasteiger partial charge in [-0.2, -0.15) is 0 Å². The average molecular weight is 435 g/mol. The van der Waals surface area contributed by atoms with Gasteiger partial charge in [0.15, 0.2) is 0 Å². The molecule has 2 aromatic rings. The fourth-order valence-electron chi connectivity index (χ4n) is 5.08.